The highest BCUT2D eigenvalue weighted by Gasteiger charge is 2.17. The van der Waals surface area contributed by atoms with Crippen molar-refractivity contribution in [2.24, 2.45) is 5.73 Å². The van der Waals surface area contributed by atoms with Gasteiger partial charge in [0.15, 0.2) is 0 Å². The highest BCUT2D eigenvalue weighted by Crippen LogP contribution is 2.25. The van der Waals surface area contributed by atoms with Gasteiger partial charge in [0, 0.05) is 16.8 Å². The molecule has 0 unspecified atom stereocenters. The lowest BCUT2D eigenvalue weighted by atomic mass is 10.1. The molecule has 0 aromatic heterocycles. The number of hydrogen-bond donors (Lipinski definition) is 2. The SMILES string of the molecule is C[C@@H](N)c1cc(Cl)ccc1NC(=O)OC(C)(C)C. The number of carbonyl (C=O) groups excluding carboxylic acids is 1. The second-order valence-corrected chi connectivity index (χ2v) is 5.58. The maximum atomic E-state index is 11.7. The van der Waals surface area contributed by atoms with Crippen LogP contribution in [0, 0.1) is 0 Å². The summed E-state index contributed by atoms with van der Waals surface area (Å²) in [5, 5.41) is 3.26. The summed E-state index contributed by atoms with van der Waals surface area (Å²) in [6, 6.07) is 4.91. The maximum absolute atomic E-state index is 11.7. The second kappa shape index (κ2) is 5.59. The third-order valence-corrected chi connectivity index (χ3v) is 2.37. The predicted octanol–water partition coefficient (Wildman–Crippen LogP) is 3.71. The normalized spacial score (nSPS) is 13.0. The largest absolute Gasteiger partial charge is 0.444 e. The summed E-state index contributed by atoms with van der Waals surface area (Å²) in [6.07, 6.45) is -0.508. The Kier molecular flexibility index (Phi) is 4.59. The van der Waals surface area contributed by atoms with Crippen LogP contribution in [0.25, 0.3) is 0 Å². The average molecular weight is 271 g/mol. The van der Waals surface area contributed by atoms with Gasteiger partial charge in [-0.2, -0.15) is 0 Å². The van der Waals surface area contributed by atoms with Crippen LogP contribution in [0.2, 0.25) is 5.02 Å². The summed E-state index contributed by atoms with van der Waals surface area (Å²) in [6.45, 7) is 7.24. The van der Waals surface area contributed by atoms with E-state index in [2.05, 4.69) is 5.32 Å². The molecule has 0 aliphatic heterocycles. The molecule has 100 valence electrons. The van der Waals surface area contributed by atoms with Gasteiger partial charge >= 0.3 is 6.09 Å². The van der Waals surface area contributed by atoms with E-state index in [0.29, 0.717) is 10.7 Å². The fraction of sp³-hybridized carbons (Fsp3) is 0.462. The van der Waals surface area contributed by atoms with Crippen molar-refractivity contribution in [3.63, 3.8) is 0 Å². The summed E-state index contributed by atoms with van der Waals surface area (Å²) in [7, 11) is 0. The summed E-state index contributed by atoms with van der Waals surface area (Å²) < 4.78 is 5.18. The van der Waals surface area contributed by atoms with Crippen LogP contribution in [0.15, 0.2) is 18.2 Å². The Balaban J connectivity index is 2.88. The molecular weight excluding hydrogens is 252 g/mol. The Morgan fingerprint density at radius 1 is 1.44 bits per heavy atom. The Labute approximate surface area is 112 Å². The summed E-state index contributed by atoms with van der Waals surface area (Å²) in [5.41, 5.74) is 6.69. The van der Waals surface area contributed by atoms with Crippen molar-refractivity contribution in [2.75, 3.05) is 5.32 Å². The molecule has 0 aliphatic carbocycles. The monoisotopic (exact) mass is 270 g/mol. The number of amides is 1. The zero-order valence-electron chi connectivity index (χ0n) is 11.1. The third kappa shape index (κ3) is 4.55. The molecule has 18 heavy (non-hydrogen) atoms. The van der Waals surface area contributed by atoms with Crippen molar-refractivity contribution in [1.82, 2.24) is 0 Å². The minimum absolute atomic E-state index is 0.228. The van der Waals surface area contributed by atoms with Crippen LogP contribution in [0.1, 0.15) is 39.3 Å². The molecule has 0 bridgehead atoms. The molecule has 0 radical (unpaired) electrons. The molecule has 0 spiro atoms. The van der Waals surface area contributed by atoms with Crippen LogP contribution in [0.4, 0.5) is 10.5 Å². The minimum atomic E-state index is -0.537. The van der Waals surface area contributed by atoms with Gasteiger partial charge in [-0.25, -0.2) is 4.79 Å². The van der Waals surface area contributed by atoms with Gasteiger partial charge in [-0.15, -0.1) is 0 Å². The van der Waals surface area contributed by atoms with Gasteiger partial charge in [0.2, 0.25) is 0 Å². The highest BCUT2D eigenvalue weighted by atomic mass is 35.5. The molecule has 1 rings (SSSR count). The van der Waals surface area contributed by atoms with Crippen LogP contribution in [-0.4, -0.2) is 11.7 Å². The molecule has 0 heterocycles. The molecule has 0 fully saturated rings. The third-order valence-electron chi connectivity index (χ3n) is 2.14. The smallest absolute Gasteiger partial charge is 0.412 e. The van der Waals surface area contributed by atoms with Crippen molar-refractivity contribution in [3.8, 4) is 0 Å². The molecule has 0 saturated heterocycles. The molecule has 0 aliphatic rings. The Bertz CT molecular complexity index is 439. The Morgan fingerprint density at radius 3 is 2.56 bits per heavy atom. The van der Waals surface area contributed by atoms with E-state index in [0.717, 1.165) is 5.56 Å². The molecule has 3 N–H and O–H groups in total. The predicted molar refractivity (Wildman–Crippen MR) is 73.9 cm³/mol. The first-order valence-corrected chi connectivity index (χ1v) is 6.12. The number of benzene rings is 1. The molecule has 1 aromatic carbocycles. The van der Waals surface area contributed by atoms with Crippen LogP contribution >= 0.6 is 11.6 Å². The van der Waals surface area contributed by atoms with E-state index in [9.17, 15) is 4.79 Å². The number of carbonyl (C=O) groups is 1. The topological polar surface area (TPSA) is 64.3 Å². The average Bonchev–Trinajstić information content (AvgIpc) is 2.17. The van der Waals surface area contributed by atoms with Crippen molar-refractivity contribution < 1.29 is 9.53 Å². The second-order valence-electron chi connectivity index (χ2n) is 5.15. The number of nitrogens with one attached hydrogen (secondary N) is 1. The fourth-order valence-corrected chi connectivity index (χ4v) is 1.62. The number of halogens is 1. The maximum Gasteiger partial charge on any atom is 0.412 e. The van der Waals surface area contributed by atoms with Crippen molar-refractivity contribution >= 4 is 23.4 Å². The fourth-order valence-electron chi connectivity index (χ4n) is 1.44. The first-order valence-electron chi connectivity index (χ1n) is 5.74. The summed E-state index contributed by atoms with van der Waals surface area (Å²) in [4.78, 5) is 11.7. The minimum Gasteiger partial charge on any atom is -0.444 e. The number of nitrogens with two attached hydrogens (primary N) is 1. The standard InChI is InChI=1S/C13H19ClN2O2/c1-8(15)10-7-9(14)5-6-11(10)16-12(17)18-13(2,3)4/h5-8H,15H2,1-4H3,(H,16,17)/t8-/m1/s1. The van der Waals surface area contributed by atoms with Crippen LogP contribution in [0.5, 0.6) is 0 Å². The number of ether oxygens (including phenoxy) is 1. The van der Waals surface area contributed by atoms with Gasteiger partial charge in [-0.3, -0.25) is 5.32 Å². The zero-order chi connectivity index (χ0) is 13.9. The molecule has 0 saturated carbocycles. The molecule has 1 atom stereocenters. The summed E-state index contributed by atoms with van der Waals surface area (Å²) >= 11 is 5.90. The zero-order valence-corrected chi connectivity index (χ0v) is 11.8. The van der Waals surface area contributed by atoms with Crippen LogP contribution in [-0.2, 0) is 4.74 Å². The number of anilines is 1. The van der Waals surface area contributed by atoms with Crippen molar-refractivity contribution in [3.05, 3.63) is 28.8 Å². The van der Waals surface area contributed by atoms with E-state index >= 15 is 0 Å². The molecule has 4 nitrogen and oxygen atoms in total. The van der Waals surface area contributed by atoms with Gasteiger partial charge in [0.1, 0.15) is 5.60 Å². The molecule has 1 amide bonds. The van der Waals surface area contributed by atoms with Crippen LogP contribution in [0.3, 0.4) is 0 Å². The van der Waals surface area contributed by atoms with Crippen LogP contribution < -0.4 is 11.1 Å². The highest BCUT2D eigenvalue weighted by molar-refractivity contribution is 6.30. The summed E-state index contributed by atoms with van der Waals surface area (Å²) in [5.74, 6) is 0. The number of rotatable bonds is 2. The van der Waals surface area contributed by atoms with Gasteiger partial charge in [-0.1, -0.05) is 11.6 Å². The molecule has 1 aromatic rings. The van der Waals surface area contributed by atoms with E-state index in [-0.39, 0.29) is 6.04 Å². The van der Waals surface area contributed by atoms with Crippen molar-refractivity contribution in [2.45, 2.75) is 39.3 Å². The van der Waals surface area contributed by atoms with E-state index in [4.69, 9.17) is 22.1 Å². The first-order chi connectivity index (χ1) is 8.19. The van der Waals surface area contributed by atoms with E-state index in [1.165, 1.54) is 0 Å². The number of hydrogen-bond acceptors (Lipinski definition) is 3. The van der Waals surface area contributed by atoms with E-state index in [1.807, 2.05) is 6.92 Å². The van der Waals surface area contributed by atoms with Crippen molar-refractivity contribution in [1.29, 1.82) is 0 Å². The van der Waals surface area contributed by atoms with E-state index in [1.54, 1.807) is 39.0 Å². The molecule has 5 heteroatoms. The van der Waals surface area contributed by atoms with Gasteiger partial charge in [-0.05, 0) is 51.5 Å². The lowest BCUT2D eigenvalue weighted by Crippen LogP contribution is -2.27. The lowest BCUT2D eigenvalue weighted by molar-refractivity contribution is 0.0636. The van der Waals surface area contributed by atoms with Gasteiger partial charge in [0.05, 0.1) is 0 Å². The lowest BCUT2D eigenvalue weighted by Gasteiger charge is -2.21. The first kappa shape index (κ1) is 14.8. The van der Waals surface area contributed by atoms with E-state index < -0.39 is 11.7 Å². The Morgan fingerprint density at radius 2 is 2.06 bits per heavy atom. The Hall–Kier alpha value is -1.26. The van der Waals surface area contributed by atoms with Gasteiger partial charge in [0.25, 0.3) is 0 Å². The molecular formula is C13H19ClN2O2. The quantitative estimate of drug-likeness (QED) is 0.861. The van der Waals surface area contributed by atoms with Gasteiger partial charge < -0.3 is 10.5 Å².